The Hall–Kier alpha value is -3.32. The van der Waals surface area contributed by atoms with Gasteiger partial charge in [-0.1, -0.05) is 48.5 Å². The predicted molar refractivity (Wildman–Crippen MR) is 124 cm³/mol. The smallest absolute Gasteiger partial charge is 0.264 e. The third kappa shape index (κ3) is 5.11. The van der Waals surface area contributed by atoms with Gasteiger partial charge in [0, 0.05) is 13.1 Å². The van der Waals surface area contributed by atoms with E-state index >= 15 is 0 Å². The molecule has 3 aromatic rings. The molecule has 166 valence electrons. The van der Waals surface area contributed by atoms with Gasteiger partial charge in [0.05, 0.1) is 10.6 Å². The molecule has 0 atom stereocenters. The molecule has 6 nitrogen and oxygen atoms in total. The number of aryl methyl sites for hydroxylation is 1. The standard InChI is InChI=1S/C25H26N2O4S/c28-25(26-17-16-20-7-2-1-3-8-20)19-31-22-12-14-23(15-13-22)32(29,30)27-18-6-10-21-9-4-5-11-24(21)27/h1-5,7-9,11-15H,6,10,16-19H2,(H,26,28). The van der Waals surface area contributed by atoms with Crippen molar-refractivity contribution in [3.63, 3.8) is 0 Å². The number of anilines is 1. The van der Waals surface area contributed by atoms with Crippen LogP contribution in [0.2, 0.25) is 0 Å². The highest BCUT2D eigenvalue weighted by Crippen LogP contribution is 2.32. The Kier molecular flexibility index (Phi) is 6.75. The second-order valence-electron chi connectivity index (χ2n) is 7.66. The topological polar surface area (TPSA) is 75.7 Å². The molecule has 32 heavy (non-hydrogen) atoms. The van der Waals surface area contributed by atoms with E-state index in [2.05, 4.69) is 5.32 Å². The summed E-state index contributed by atoms with van der Waals surface area (Å²) in [4.78, 5) is 12.2. The molecule has 1 aliphatic rings. The first-order valence-corrected chi connectivity index (χ1v) is 12.1. The number of fused-ring (bicyclic) bond motifs is 1. The molecule has 1 N–H and O–H groups in total. The number of amides is 1. The highest BCUT2D eigenvalue weighted by molar-refractivity contribution is 7.92. The summed E-state index contributed by atoms with van der Waals surface area (Å²) in [5.74, 6) is 0.226. The van der Waals surface area contributed by atoms with Crippen molar-refractivity contribution in [3.05, 3.63) is 90.0 Å². The van der Waals surface area contributed by atoms with Crippen molar-refractivity contribution in [2.45, 2.75) is 24.2 Å². The van der Waals surface area contributed by atoms with Crippen molar-refractivity contribution in [2.75, 3.05) is 24.0 Å². The Morgan fingerprint density at radius 1 is 0.938 bits per heavy atom. The first-order chi connectivity index (χ1) is 15.5. The second kappa shape index (κ2) is 9.87. The van der Waals surface area contributed by atoms with E-state index in [0.717, 1.165) is 36.1 Å². The number of para-hydroxylation sites is 1. The lowest BCUT2D eigenvalue weighted by molar-refractivity contribution is -0.123. The molecule has 0 radical (unpaired) electrons. The molecule has 1 amide bonds. The van der Waals surface area contributed by atoms with Crippen LogP contribution in [0.1, 0.15) is 17.5 Å². The van der Waals surface area contributed by atoms with Crippen LogP contribution in [0.4, 0.5) is 5.69 Å². The van der Waals surface area contributed by atoms with Crippen LogP contribution in [0.25, 0.3) is 0 Å². The zero-order valence-corrected chi connectivity index (χ0v) is 18.6. The number of hydrogen-bond donors (Lipinski definition) is 1. The van der Waals surface area contributed by atoms with E-state index in [1.807, 2.05) is 54.6 Å². The first-order valence-electron chi connectivity index (χ1n) is 10.7. The van der Waals surface area contributed by atoms with Crippen molar-refractivity contribution < 1.29 is 17.9 Å². The number of carbonyl (C=O) groups excluding carboxylic acids is 1. The molecule has 0 aliphatic carbocycles. The fourth-order valence-corrected chi connectivity index (χ4v) is 5.32. The molecular formula is C25H26N2O4S. The number of nitrogens with one attached hydrogen (secondary N) is 1. The summed E-state index contributed by atoms with van der Waals surface area (Å²) in [6.07, 6.45) is 2.41. The summed E-state index contributed by atoms with van der Waals surface area (Å²) >= 11 is 0. The Labute approximate surface area is 188 Å². The number of hydrogen-bond acceptors (Lipinski definition) is 4. The minimum absolute atomic E-state index is 0.125. The quantitative estimate of drug-likeness (QED) is 0.569. The van der Waals surface area contributed by atoms with Gasteiger partial charge in [-0.05, 0) is 60.7 Å². The summed E-state index contributed by atoms with van der Waals surface area (Å²) in [5, 5.41) is 2.82. The highest BCUT2D eigenvalue weighted by atomic mass is 32.2. The predicted octanol–water partition coefficient (Wildman–Crippen LogP) is 3.57. The molecule has 3 aromatic carbocycles. The molecule has 1 heterocycles. The van der Waals surface area contributed by atoms with Gasteiger partial charge in [-0.3, -0.25) is 9.10 Å². The number of ether oxygens (including phenoxy) is 1. The van der Waals surface area contributed by atoms with Crippen molar-refractivity contribution >= 4 is 21.6 Å². The van der Waals surface area contributed by atoms with E-state index in [-0.39, 0.29) is 17.4 Å². The van der Waals surface area contributed by atoms with Crippen molar-refractivity contribution in [2.24, 2.45) is 0 Å². The third-order valence-corrected chi connectivity index (χ3v) is 7.26. The summed E-state index contributed by atoms with van der Waals surface area (Å²) in [5.41, 5.74) is 2.94. The molecule has 4 rings (SSSR count). The van der Waals surface area contributed by atoms with E-state index in [1.54, 1.807) is 12.1 Å². The number of benzene rings is 3. The van der Waals surface area contributed by atoms with Gasteiger partial charge in [0.15, 0.2) is 6.61 Å². The molecule has 0 spiro atoms. The second-order valence-corrected chi connectivity index (χ2v) is 9.52. The zero-order valence-electron chi connectivity index (χ0n) is 17.7. The summed E-state index contributed by atoms with van der Waals surface area (Å²) < 4.78 is 33.4. The fraction of sp³-hybridized carbons (Fsp3) is 0.240. The summed E-state index contributed by atoms with van der Waals surface area (Å²) in [7, 11) is -3.66. The summed E-state index contributed by atoms with van der Waals surface area (Å²) in [6, 6.07) is 23.7. The lowest BCUT2D eigenvalue weighted by atomic mass is 10.0. The lowest BCUT2D eigenvalue weighted by Crippen LogP contribution is -2.35. The zero-order chi connectivity index (χ0) is 22.4. The van der Waals surface area contributed by atoms with Crippen LogP contribution in [-0.4, -0.2) is 34.0 Å². The van der Waals surface area contributed by atoms with Gasteiger partial charge < -0.3 is 10.1 Å². The van der Waals surface area contributed by atoms with Gasteiger partial charge in [-0.2, -0.15) is 0 Å². The van der Waals surface area contributed by atoms with Gasteiger partial charge in [0.1, 0.15) is 5.75 Å². The van der Waals surface area contributed by atoms with Gasteiger partial charge in [-0.25, -0.2) is 8.42 Å². The maximum Gasteiger partial charge on any atom is 0.264 e. The maximum atomic E-state index is 13.2. The van der Waals surface area contributed by atoms with Crippen molar-refractivity contribution in [1.29, 1.82) is 0 Å². The fourth-order valence-electron chi connectivity index (χ4n) is 3.77. The molecule has 0 aromatic heterocycles. The molecule has 0 saturated carbocycles. The van der Waals surface area contributed by atoms with E-state index in [9.17, 15) is 13.2 Å². The van der Waals surface area contributed by atoms with Crippen LogP contribution < -0.4 is 14.4 Å². The molecular weight excluding hydrogens is 424 g/mol. The van der Waals surface area contributed by atoms with Gasteiger partial charge >= 0.3 is 0 Å². The van der Waals surface area contributed by atoms with Crippen LogP contribution in [0, 0.1) is 0 Å². The minimum Gasteiger partial charge on any atom is -0.484 e. The largest absolute Gasteiger partial charge is 0.484 e. The van der Waals surface area contributed by atoms with Gasteiger partial charge in [-0.15, -0.1) is 0 Å². The van der Waals surface area contributed by atoms with Crippen LogP contribution in [-0.2, 0) is 27.7 Å². The molecule has 7 heteroatoms. The highest BCUT2D eigenvalue weighted by Gasteiger charge is 2.28. The van der Waals surface area contributed by atoms with Crippen LogP contribution >= 0.6 is 0 Å². The van der Waals surface area contributed by atoms with Crippen LogP contribution in [0.15, 0.2) is 83.8 Å². The average molecular weight is 451 g/mol. The maximum absolute atomic E-state index is 13.2. The molecule has 0 bridgehead atoms. The molecule has 0 unspecified atom stereocenters. The monoisotopic (exact) mass is 450 g/mol. The number of carbonyl (C=O) groups is 1. The third-order valence-electron chi connectivity index (χ3n) is 5.43. The number of nitrogens with zero attached hydrogens (tertiary/aromatic N) is 1. The molecule has 1 aliphatic heterocycles. The van der Waals surface area contributed by atoms with Gasteiger partial charge in [0.2, 0.25) is 0 Å². The molecule has 0 fully saturated rings. The number of sulfonamides is 1. The minimum atomic E-state index is -3.66. The van der Waals surface area contributed by atoms with Crippen LogP contribution in [0.3, 0.4) is 0 Å². The SMILES string of the molecule is O=C(COc1ccc(S(=O)(=O)N2CCCc3ccccc32)cc1)NCCc1ccccc1. The normalized spacial score (nSPS) is 13.3. The lowest BCUT2D eigenvalue weighted by Gasteiger charge is -2.30. The molecule has 0 saturated heterocycles. The van der Waals surface area contributed by atoms with Crippen molar-refractivity contribution in [1.82, 2.24) is 5.32 Å². The Morgan fingerprint density at radius 3 is 2.44 bits per heavy atom. The summed E-state index contributed by atoms with van der Waals surface area (Å²) in [6.45, 7) is 0.863. The Morgan fingerprint density at radius 2 is 1.66 bits per heavy atom. The Balaban J connectivity index is 1.32. The van der Waals surface area contributed by atoms with Gasteiger partial charge in [0.25, 0.3) is 15.9 Å². The Bertz CT molecular complexity index is 1160. The average Bonchev–Trinajstić information content (AvgIpc) is 2.83. The first kappa shape index (κ1) is 21.9. The van der Waals surface area contributed by atoms with Crippen LogP contribution in [0.5, 0.6) is 5.75 Å². The number of rotatable bonds is 8. The van der Waals surface area contributed by atoms with E-state index in [4.69, 9.17) is 4.74 Å². The van der Waals surface area contributed by atoms with E-state index in [1.165, 1.54) is 16.4 Å². The van der Waals surface area contributed by atoms with E-state index in [0.29, 0.717) is 18.8 Å². The van der Waals surface area contributed by atoms with Crippen molar-refractivity contribution in [3.8, 4) is 5.75 Å². The van der Waals surface area contributed by atoms with E-state index < -0.39 is 10.0 Å².